The van der Waals surface area contributed by atoms with Gasteiger partial charge in [0.2, 0.25) is 0 Å². The van der Waals surface area contributed by atoms with Gasteiger partial charge < -0.3 is 10.0 Å². The van der Waals surface area contributed by atoms with Crippen LogP contribution in [0, 0.1) is 7.05 Å². The molecule has 2 heteroatoms. The second-order valence-corrected chi connectivity index (χ2v) is 3.76. The Labute approximate surface area is 62.8 Å². The van der Waals surface area contributed by atoms with Crippen molar-refractivity contribution >= 4 is 0 Å². The topological polar surface area (TPSA) is 24.7 Å². The van der Waals surface area contributed by atoms with Gasteiger partial charge in [-0.3, -0.25) is 0 Å². The normalized spacial score (nSPS) is 34.8. The second kappa shape index (κ2) is 2.51. The molecule has 2 atom stereocenters. The molecule has 0 radical (unpaired) electrons. The summed E-state index contributed by atoms with van der Waals surface area (Å²) in [5.41, 5.74) is -0.548. The Balaban J connectivity index is 2.55. The van der Waals surface area contributed by atoms with Crippen molar-refractivity contribution in [2.45, 2.75) is 38.3 Å². The third-order valence-electron chi connectivity index (χ3n) is 2.34. The average molecular weight is 143 g/mol. The first-order chi connectivity index (χ1) is 4.52. The van der Waals surface area contributed by atoms with E-state index in [-0.39, 0.29) is 0 Å². The van der Waals surface area contributed by atoms with Gasteiger partial charge in [-0.1, -0.05) is 0 Å². The van der Waals surface area contributed by atoms with Crippen LogP contribution in [0.2, 0.25) is 0 Å². The molecule has 0 bridgehead atoms. The summed E-state index contributed by atoms with van der Waals surface area (Å²) in [7, 11) is 3.94. The summed E-state index contributed by atoms with van der Waals surface area (Å²) in [5.74, 6) is 0. The Morgan fingerprint density at radius 2 is 2.20 bits per heavy atom. The molecule has 0 aromatic rings. The summed E-state index contributed by atoms with van der Waals surface area (Å²) in [5, 5.41) is 9.63. The van der Waals surface area contributed by atoms with Crippen molar-refractivity contribution in [1.82, 2.24) is 0 Å². The summed E-state index contributed by atoms with van der Waals surface area (Å²) >= 11 is 0. The van der Waals surface area contributed by atoms with Gasteiger partial charge in [0.1, 0.15) is 5.60 Å². The molecule has 0 amide bonds. The zero-order chi connectivity index (χ0) is 7.78. The highest BCUT2D eigenvalue weighted by molar-refractivity contribution is 4.79. The van der Waals surface area contributed by atoms with E-state index < -0.39 is 5.60 Å². The van der Waals surface area contributed by atoms with E-state index in [2.05, 4.69) is 7.05 Å². The number of nitrogens with one attached hydrogen (secondary N) is 1. The predicted molar refractivity (Wildman–Crippen MR) is 40.5 cm³/mol. The smallest absolute Gasteiger partial charge is 0.108 e. The zero-order valence-electron chi connectivity index (χ0n) is 6.85. The van der Waals surface area contributed by atoms with Crippen LogP contribution in [-0.4, -0.2) is 23.3 Å². The maximum Gasteiger partial charge on any atom is 0.108 e. The fourth-order valence-corrected chi connectivity index (χ4v) is 1.76. The van der Waals surface area contributed by atoms with Crippen molar-refractivity contribution in [2.75, 3.05) is 6.54 Å². The number of likely N-dealkylation sites (tertiary alicyclic amines) is 1. The Morgan fingerprint density at radius 1 is 1.60 bits per heavy atom. The van der Waals surface area contributed by atoms with Crippen LogP contribution in [0.15, 0.2) is 0 Å². The highest BCUT2D eigenvalue weighted by Gasteiger charge is 2.34. The van der Waals surface area contributed by atoms with Crippen LogP contribution in [-0.2, 0) is 0 Å². The first-order valence-electron chi connectivity index (χ1n) is 3.92. The number of aliphatic hydroxyl groups is 1. The zero-order valence-corrected chi connectivity index (χ0v) is 6.85. The summed E-state index contributed by atoms with van der Waals surface area (Å²) < 4.78 is 0. The lowest BCUT2D eigenvalue weighted by Gasteiger charge is -2.32. The molecule has 10 heavy (non-hydrogen) atoms. The largest absolute Gasteiger partial charge is 0.463 e. The molecule has 2 nitrogen and oxygen atoms in total. The average Bonchev–Trinajstić information content (AvgIpc) is 2.11. The van der Waals surface area contributed by atoms with E-state index >= 15 is 0 Å². The lowest BCUT2D eigenvalue weighted by Crippen LogP contribution is -3.10. The molecule has 0 saturated carbocycles. The number of quaternary nitrogens is 1. The van der Waals surface area contributed by atoms with Gasteiger partial charge in [0, 0.05) is 6.42 Å². The van der Waals surface area contributed by atoms with Gasteiger partial charge in [-0.15, -0.1) is 0 Å². The van der Waals surface area contributed by atoms with E-state index in [9.17, 15) is 5.11 Å². The number of rotatable bonds is 1. The highest BCUT2D eigenvalue weighted by atomic mass is 16.3. The maximum absolute atomic E-state index is 9.63. The molecule has 1 heterocycles. The van der Waals surface area contributed by atoms with Crippen molar-refractivity contribution in [1.29, 1.82) is 0 Å². The van der Waals surface area contributed by atoms with E-state index in [1.165, 1.54) is 11.3 Å². The van der Waals surface area contributed by atoms with Crippen LogP contribution in [0.25, 0.3) is 0 Å². The summed E-state index contributed by atoms with van der Waals surface area (Å²) in [6.45, 7) is 4.84. The minimum atomic E-state index is -0.548. The Bertz CT molecular complexity index is 117. The Morgan fingerprint density at radius 3 is 2.40 bits per heavy atom. The van der Waals surface area contributed by atoms with Crippen LogP contribution >= 0.6 is 0 Å². The molecule has 1 aliphatic rings. The van der Waals surface area contributed by atoms with Crippen molar-refractivity contribution in [2.24, 2.45) is 0 Å². The first kappa shape index (κ1) is 8.02. The summed E-state index contributed by atoms with van der Waals surface area (Å²) in [4.78, 5) is 1.23. The fraction of sp³-hybridized carbons (Fsp3) is 0.875. The van der Waals surface area contributed by atoms with Gasteiger partial charge in [0.15, 0.2) is 0 Å². The molecule has 0 aromatic heterocycles. The van der Waals surface area contributed by atoms with Crippen molar-refractivity contribution in [3.8, 4) is 0 Å². The summed E-state index contributed by atoms with van der Waals surface area (Å²) in [6.07, 6.45) is 2.32. The van der Waals surface area contributed by atoms with Gasteiger partial charge >= 0.3 is 0 Å². The third kappa shape index (κ3) is 1.50. The molecular weight excluding hydrogens is 126 g/mol. The Hall–Kier alpha value is -0.0800. The van der Waals surface area contributed by atoms with Crippen molar-refractivity contribution in [3.63, 3.8) is 0 Å². The van der Waals surface area contributed by atoms with Gasteiger partial charge in [0.25, 0.3) is 0 Å². The van der Waals surface area contributed by atoms with Crippen LogP contribution in [0.3, 0.4) is 0 Å². The molecule has 0 aromatic carbocycles. The lowest BCUT2D eigenvalue weighted by atomic mass is 9.97. The number of hydrogen-bond acceptors (Lipinski definition) is 1. The molecule has 1 rings (SSSR count). The molecule has 1 fully saturated rings. The minimum absolute atomic E-state index is 0.340. The lowest BCUT2D eigenvalue weighted by molar-refractivity contribution is -0.874. The van der Waals surface area contributed by atoms with Crippen LogP contribution < -0.4 is 4.90 Å². The molecule has 0 aliphatic carbocycles. The van der Waals surface area contributed by atoms with E-state index in [0.29, 0.717) is 6.04 Å². The standard InChI is InChI=1S/C8H17NO/c1-8(2,10)7-5-4-6-9(7)3/h7,9-10H,3-6H2,1-2H3/t7-/m1/s1. The predicted octanol–water partition coefficient (Wildman–Crippen LogP) is -0.404. The maximum atomic E-state index is 9.63. The van der Waals surface area contributed by atoms with E-state index in [0.717, 1.165) is 13.0 Å². The van der Waals surface area contributed by atoms with Crippen LogP contribution in [0.5, 0.6) is 0 Å². The molecule has 1 aliphatic heterocycles. The van der Waals surface area contributed by atoms with Crippen molar-refractivity contribution in [3.05, 3.63) is 7.05 Å². The van der Waals surface area contributed by atoms with Gasteiger partial charge in [-0.2, -0.15) is 7.05 Å². The van der Waals surface area contributed by atoms with Crippen molar-refractivity contribution < 1.29 is 10.0 Å². The van der Waals surface area contributed by atoms with Gasteiger partial charge in [-0.05, 0) is 20.3 Å². The quantitative estimate of drug-likeness (QED) is 0.479. The molecule has 1 unspecified atom stereocenters. The monoisotopic (exact) mass is 143 g/mol. The molecule has 0 spiro atoms. The highest BCUT2D eigenvalue weighted by Crippen LogP contribution is 2.13. The third-order valence-corrected chi connectivity index (χ3v) is 2.34. The van der Waals surface area contributed by atoms with Gasteiger partial charge in [0.05, 0.1) is 12.6 Å². The fourth-order valence-electron chi connectivity index (χ4n) is 1.76. The van der Waals surface area contributed by atoms with Crippen LogP contribution in [0.4, 0.5) is 0 Å². The molecular formula is C8H17NO. The van der Waals surface area contributed by atoms with Crippen LogP contribution in [0.1, 0.15) is 26.7 Å². The first-order valence-corrected chi connectivity index (χ1v) is 3.92. The minimum Gasteiger partial charge on any atom is -0.463 e. The van der Waals surface area contributed by atoms with E-state index in [4.69, 9.17) is 0 Å². The SMILES string of the molecule is [CH2-][NH+]1CCC[C@@H]1C(C)(C)O. The number of hydrogen-bond donors (Lipinski definition) is 2. The second-order valence-electron chi connectivity index (χ2n) is 3.76. The Kier molecular flexibility index (Phi) is 2.02. The van der Waals surface area contributed by atoms with E-state index in [1.54, 1.807) is 0 Å². The molecule has 60 valence electrons. The van der Waals surface area contributed by atoms with E-state index in [1.807, 2.05) is 13.8 Å². The van der Waals surface area contributed by atoms with Gasteiger partial charge in [-0.25, -0.2) is 0 Å². The molecule has 1 saturated heterocycles. The molecule has 2 N–H and O–H groups in total. The summed E-state index contributed by atoms with van der Waals surface area (Å²) in [6, 6.07) is 0.340.